The van der Waals surface area contributed by atoms with Crippen LogP contribution in [-0.4, -0.2) is 49.3 Å². The quantitative estimate of drug-likeness (QED) is 0.734. The predicted octanol–water partition coefficient (Wildman–Crippen LogP) is 2.90. The van der Waals surface area contributed by atoms with Crippen LogP contribution in [0.4, 0.5) is 0 Å². The molecule has 0 spiro atoms. The van der Waals surface area contributed by atoms with Crippen molar-refractivity contribution in [3.05, 3.63) is 0 Å². The third-order valence-corrected chi connectivity index (χ3v) is 4.55. The molecule has 2 atom stereocenters. The molecule has 1 saturated heterocycles. The molecule has 0 aromatic carbocycles. The maximum atomic E-state index is 5.52. The van der Waals surface area contributed by atoms with Gasteiger partial charge in [0.25, 0.3) is 0 Å². The van der Waals surface area contributed by atoms with E-state index in [0.29, 0.717) is 6.04 Å². The highest BCUT2D eigenvalue weighted by molar-refractivity contribution is 4.97. The van der Waals surface area contributed by atoms with Gasteiger partial charge < -0.3 is 10.1 Å². The summed E-state index contributed by atoms with van der Waals surface area (Å²) in [7, 11) is 0. The van der Waals surface area contributed by atoms with Crippen molar-refractivity contribution in [3.8, 4) is 0 Å². The van der Waals surface area contributed by atoms with E-state index in [-0.39, 0.29) is 5.54 Å². The molecule has 1 heterocycles. The van der Waals surface area contributed by atoms with Crippen LogP contribution in [0.2, 0.25) is 0 Å². The first-order chi connectivity index (χ1) is 9.04. The van der Waals surface area contributed by atoms with Gasteiger partial charge in [-0.3, -0.25) is 4.90 Å². The van der Waals surface area contributed by atoms with Gasteiger partial charge in [-0.05, 0) is 38.6 Å². The smallest absolute Gasteiger partial charge is 0.0594 e. The van der Waals surface area contributed by atoms with Crippen molar-refractivity contribution in [2.75, 3.05) is 32.8 Å². The number of hydrogen-bond donors (Lipinski definition) is 1. The highest BCUT2D eigenvalue weighted by atomic mass is 16.5. The summed E-state index contributed by atoms with van der Waals surface area (Å²) in [5.41, 5.74) is 0.253. The molecule has 3 nitrogen and oxygen atoms in total. The fraction of sp³-hybridized carbons (Fsp3) is 1.00. The first kappa shape index (κ1) is 16.9. The topological polar surface area (TPSA) is 24.5 Å². The van der Waals surface area contributed by atoms with E-state index in [1.165, 1.54) is 19.3 Å². The number of hydrogen-bond acceptors (Lipinski definition) is 3. The van der Waals surface area contributed by atoms with E-state index in [1.807, 2.05) is 0 Å². The van der Waals surface area contributed by atoms with E-state index in [2.05, 4.69) is 44.8 Å². The maximum Gasteiger partial charge on any atom is 0.0594 e. The van der Waals surface area contributed by atoms with Gasteiger partial charge in [0.05, 0.1) is 13.2 Å². The largest absolute Gasteiger partial charge is 0.379 e. The van der Waals surface area contributed by atoms with Crippen molar-refractivity contribution >= 4 is 0 Å². The lowest BCUT2D eigenvalue weighted by atomic mass is 9.82. The summed E-state index contributed by atoms with van der Waals surface area (Å²) in [5, 5.41) is 3.81. The first-order valence-electron chi connectivity index (χ1n) is 8.10. The van der Waals surface area contributed by atoms with Gasteiger partial charge in [-0.15, -0.1) is 0 Å². The maximum absolute atomic E-state index is 5.52. The van der Waals surface area contributed by atoms with Gasteiger partial charge in [-0.25, -0.2) is 0 Å². The molecule has 1 aliphatic rings. The molecule has 0 aromatic rings. The third kappa shape index (κ3) is 4.73. The molecule has 19 heavy (non-hydrogen) atoms. The van der Waals surface area contributed by atoms with Crippen molar-refractivity contribution in [3.63, 3.8) is 0 Å². The minimum Gasteiger partial charge on any atom is -0.379 e. The Morgan fingerprint density at radius 1 is 1.21 bits per heavy atom. The number of rotatable bonds is 8. The molecule has 0 radical (unpaired) electrons. The monoisotopic (exact) mass is 270 g/mol. The molecule has 3 heteroatoms. The van der Waals surface area contributed by atoms with Crippen molar-refractivity contribution in [2.24, 2.45) is 5.92 Å². The van der Waals surface area contributed by atoms with Gasteiger partial charge in [-0.2, -0.15) is 0 Å². The lowest BCUT2D eigenvalue weighted by molar-refractivity contribution is -0.0348. The summed E-state index contributed by atoms with van der Waals surface area (Å²) in [6, 6.07) is 0.579. The second-order valence-corrected chi connectivity index (χ2v) is 6.45. The molecule has 0 saturated carbocycles. The Labute approximate surface area is 120 Å². The normalized spacial score (nSPS) is 22.4. The molecule has 0 aromatic heterocycles. The van der Waals surface area contributed by atoms with Gasteiger partial charge in [0, 0.05) is 24.7 Å². The average molecular weight is 270 g/mol. The van der Waals surface area contributed by atoms with Crippen LogP contribution < -0.4 is 5.32 Å². The lowest BCUT2D eigenvalue weighted by Gasteiger charge is -2.48. The number of nitrogens with one attached hydrogen (secondary N) is 1. The second-order valence-electron chi connectivity index (χ2n) is 6.45. The Hall–Kier alpha value is -0.120. The van der Waals surface area contributed by atoms with Crippen LogP contribution in [-0.2, 0) is 4.74 Å². The van der Waals surface area contributed by atoms with Gasteiger partial charge in [0.2, 0.25) is 0 Å². The van der Waals surface area contributed by atoms with E-state index in [1.54, 1.807) is 0 Å². The van der Waals surface area contributed by atoms with Gasteiger partial charge in [0.15, 0.2) is 0 Å². The fourth-order valence-corrected chi connectivity index (χ4v) is 3.11. The number of nitrogens with zero attached hydrogens (tertiary/aromatic N) is 1. The molecule has 1 rings (SSSR count). The third-order valence-electron chi connectivity index (χ3n) is 4.55. The number of morpholine rings is 1. The van der Waals surface area contributed by atoms with Crippen molar-refractivity contribution in [1.29, 1.82) is 0 Å². The predicted molar refractivity (Wildman–Crippen MR) is 82.6 cm³/mol. The summed E-state index contributed by atoms with van der Waals surface area (Å²) in [6.07, 6.45) is 3.65. The Kier molecular flexibility index (Phi) is 7.33. The highest BCUT2D eigenvalue weighted by Crippen LogP contribution is 2.28. The van der Waals surface area contributed by atoms with Crippen LogP contribution in [0.3, 0.4) is 0 Å². The molecular formula is C16H34N2O. The van der Waals surface area contributed by atoms with Crippen molar-refractivity contribution < 1.29 is 4.74 Å². The highest BCUT2D eigenvalue weighted by Gasteiger charge is 2.38. The van der Waals surface area contributed by atoms with Crippen LogP contribution in [0.5, 0.6) is 0 Å². The average Bonchev–Trinajstić information content (AvgIpc) is 2.43. The molecule has 0 amide bonds. The Bertz CT molecular complexity index is 239. The molecular weight excluding hydrogens is 236 g/mol. The summed E-state index contributed by atoms with van der Waals surface area (Å²) >= 11 is 0. The Balaban J connectivity index is 2.78. The second kappa shape index (κ2) is 8.23. The van der Waals surface area contributed by atoms with Gasteiger partial charge >= 0.3 is 0 Å². The van der Waals surface area contributed by atoms with E-state index >= 15 is 0 Å². The van der Waals surface area contributed by atoms with Gasteiger partial charge in [-0.1, -0.05) is 27.7 Å². The fourth-order valence-electron chi connectivity index (χ4n) is 3.11. The standard InChI is InChI=1S/C16H34N2O/c1-6-8-17-15(13-14(3)4)16(5,7-2)18-9-11-19-12-10-18/h14-15,17H,6-13H2,1-5H3. The molecule has 1 N–H and O–H groups in total. The van der Waals surface area contributed by atoms with Crippen LogP contribution in [0.15, 0.2) is 0 Å². The van der Waals surface area contributed by atoms with Crippen molar-refractivity contribution in [1.82, 2.24) is 10.2 Å². The lowest BCUT2D eigenvalue weighted by Crippen LogP contribution is -2.62. The van der Waals surface area contributed by atoms with E-state index in [9.17, 15) is 0 Å². The zero-order valence-corrected chi connectivity index (χ0v) is 13.7. The van der Waals surface area contributed by atoms with Crippen LogP contribution in [0.1, 0.15) is 53.9 Å². The molecule has 0 aliphatic carbocycles. The SMILES string of the molecule is CCCNC(CC(C)C)C(C)(CC)N1CCOCC1. The van der Waals surface area contributed by atoms with E-state index < -0.39 is 0 Å². The first-order valence-corrected chi connectivity index (χ1v) is 8.10. The minimum absolute atomic E-state index is 0.253. The summed E-state index contributed by atoms with van der Waals surface area (Å²) in [4.78, 5) is 2.65. The molecule has 114 valence electrons. The van der Waals surface area contributed by atoms with E-state index in [4.69, 9.17) is 4.74 Å². The van der Waals surface area contributed by atoms with Gasteiger partial charge in [0.1, 0.15) is 0 Å². The molecule has 0 bridgehead atoms. The molecule has 1 fully saturated rings. The van der Waals surface area contributed by atoms with Crippen LogP contribution >= 0.6 is 0 Å². The zero-order chi connectivity index (χ0) is 14.3. The van der Waals surface area contributed by atoms with Crippen LogP contribution in [0.25, 0.3) is 0 Å². The van der Waals surface area contributed by atoms with Crippen molar-refractivity contribution in [2.45, 2.75) is 65.5 Å². The number of ether oxygens (including phenoxy) is 1. The summed E-state index contributed by atoms with van der Waals surface area (Å²) in [6.45, 7) is 16.7. The Morgan fingerprint density at radius 2 is 1.84 bits per heavy atom. The minimum atomic E-state index is 0.253. The summed E-state index contributed by atoms with van der Waals surface area (Å²) < 4.78 is 5.52. The molecule has 2 unspecified atom stereocenters. The van der Waals surface area contributed by atoms with E-state index in [0.717, 1.165) is 38.8 Å². The zero-order valence-electron chi connectivity index (χ0n) is 13.7. The summed E-state index contributed by atoms with van der Waals surface area (Å²) in [5.74, 6) is 0.737. The molecule has 1 aliphatic heterocycles. The Morgan fingerprint density at radius 3 is 2.32 bits per heavy atom. The van der Waals surface area contributed by atoms with Crippen LogP contribution in [0, 0.1) is 5.92 Å².